The molecule has 2 aliphatic rings. The summed E-state index contributed by atoms with van der Waals surface area (Å²) in [5.74, 6) is 0.634. The molecule has 0 bridgehead atoms. The molecule has 4 nitrogen and oxygen atoms in total. The predicted molar refractivity (Wildman–Crippen MR) is 79.8 cm³/mol. The Morgan fingerprint density at radius 3 is 2.90 bits per heavy atom. The first-order valence-corrected chi connectivity index (χ1v) is 7.87. The maximum atomic E-state index is 6.13. The maximum absolute atomic E-state index is 6.13. The number of nitrogens with zero attached hydrogens (tertiary/aromatic N) is 2. The zero-order valence-corrected chi connectivity index (χ0v) is 12.2. The van der Waals surface area contributed by atoms with Gasteiger partial charge >= 0.3 is 0 Å². The number of morpholine rings is 1. The van der Waals surface area contributed by atoms with Crippen LogP contribution in [-0.4, -0.2) is 34.8 Å². The highest BCUT2D eigenvalue weighted by Gasteiger charge is 2.42. The van der Waals surface area contributed by atoms with E-state index in [0.717, 1.165) is 26.2 Å². The van der Waals surface area contributed by atoms with Crippen LogP contribution in [0.15, 0.2) is 47.5 Å². The van der Waals surface area contributed by atoms with Gasteiger partial charge < -0.3 is 13.7 Å². The Labute approximate surface area is 125 Å². The molecule has 1 saturated heterocycles. The van der Waals surface area contributed by atoms with E-state index in [9.17, 15) is 0 Å². The van der Waals surface area contributed by atoms with Gasteiger partial charge in [0.05, 0.1) is 25.2 Å². The highest BCUT2D eigenvalue weighted by molar-refractivity contribution is 5.07. The van der Waals surface area contributed by atoms with Gasteiger partial charge in [0.25, 0.3) is 0 Å². The van der Waals surface area contributed by atoms with Gasteiger partial charge in [-0.1, -0.05) is 0 Å². The minimum absolute atomic E-state index is 0.382. The fraction of sp³-hybridized carbons (Fsp3) is 0.529. The molecule has 0 N–H and O–H groups in total. The van der Waals surface area contributed by atoms with Crippen LogP contribution in [0.3, 0.4) is 0 Å². The third kappa shape index (κ3) is 2.65. The van der Waals surface area contributed by atoms with Gasteiger partial charge in [0.2, 0.25) is 0 Å². The molecule has 0 unspecified atom stereocenters. The molecule has 0 radical (unpaired) electrons. The zero-order chi connectivity index (χ0) is 14.1. The lowest BCUT2D eigenvalue weighted by Gasteiger charge is -2.39. The van der Waals surface area contributed by atoms with Gasteiger partial charge in [0, 0.05) is 49.6 Å². The molecule has 4 rings (SSSR count). The number of furan rings is 1. The Bertz CT molecular complexity index is 549. The molecule has 2 aromatic heterocycles. The monoisotopic (exact) mass is 286 g/mol. The van der Waals surface area contributed by atoms with Crippen molar-refractivity contribution in [3.8, 4) is 0 Å². The van der Waals surface area contributed by atoms with Crippen molar-refractivity contribution in [2.45, 2.75) is 38.1 Å². The van der Waals surface area contributed by atoms with Gasteiger partial charge in [-0.25, -0.2) is 0 Å². The highest BCUT2D eigenvalue weighted by Crippen LogP contribution is 2.36. The van der Waals surface area contributed by atoms with E-state index in [1.54, 1.807) is 6.26 Å². The van der Waals surface area contributed by atoms with Crippen LogP contribution in [0.4, 0.5) is 0 Å². The molecule has 2 aromatic rings. The summed E-state index contributed by atoms with van der Waals surface area (Å²) >= 11 is 0. The second kappa shape index (κ2) is 5.70. The van der Waals surface area contributed by atoms with Crippen molar-refractivity contribution >= 4 is 0 Å². The molecule has 4 heteroatoms. The Hall–Kier alpha value is -1.52. The van der Waals surface area contributed by atoms with Crippen molar-refractivity contribution < 1.29 is 9.15 Å². The Kier molecular flexibility index (Phi) is 3.57. The van der Waals surface area contributed by atoms with E-state index >= 15 is 0 Å². The summed E-state index contributed by atoms with van der Waals surface area (Å²) in [6.45, 7) is 3.94. The highest BCUT2D eigenvalue weighted by atomic mass is 16.5. The number of aromatic nitrogens is 1. The summed E-state index contributed by atoms with van der Waals surface area (Å²) in [7, 11) is 0. The van der Waals surface area contributed by atoms with Gasteiger partial charge in [0.1, 0.15) is 0 Å². The van der Waals surface area contributed by atoms with Crippen LogP contribution in [0, 0.1) is 5.92 Å². The second-order valence-electron chi connectivity index (χ2n) is 6.22. The van der Waals surface area contributed by atoms with Crippen LogP contribution in [0.25, 0.3) is 0 Å². The molecule has 3 atom stereocenters. The summed E-state index contributed by atoms with van der Waals surface area (Å²) in [4.78, 5) is 2.58. The minimum atomic E-state index is 0.382. The number of hydrogen-bond acceptors (Lipinski definition) is 3. The first-order chi connectivity index (χ1) is 10.4. The van der Waals surface area contributed by atoms with Crippen molar-refractivity contribution in [1.29, 1.82) is 0 Å². The fourth-order valence-electron chi connectivity index (χ4n) is 3.91. The Morgan fingerprint density at radius 2 is 2.10 bits per heavy atom. The fourth-order valence-corrected chi connectivity index (χ4v) is 3.91. The van der Waals surface area contributed by atoms with Crippen molar-refractivity contribution in [2.24, 2.45) is 5.92 Å². The quantitative estimate of drug-likeness (QED) is 0.866. The zero-order valence-electron chi connectivity index (χ0n) is 12.2. The summed E-state index contributed by atoms with van der Waals surface area (Å²) in [5.41, 5.74) is 1.27. The van der Waals surface area contributed by atoms with E-state index in [0.29, 0.717) is 18.1 Å². The largest absolute Gasteiger partial charge is 0.472 e. The normalized spacial score (nSPS) is 29.6. The van der Waals surface area contributed by atoms with Crippen LogP contribution >= 0.6 is 0 Å². The number of ether oxygens (including phenoxy) is 1. The van der Waals surface area contributed by atoms with Crippen molar-refractivity contribution in [1.82, 2.24) is 9.47 Å². The molecule has 0 spiro atoms. The van der Waals surface area contributed by atoms with Gasteiger partial charge in [0.15, 0.2) is 0 Å². The predicted octanol–water partition coefficient (Wildman–Crippen LogP) is 2.76. The minimum Gasteiger partial charge on any atom is -0.472 e. The topological polar surface area (TPSA) is 30.5 Å². The molecule has 21 heavy (non-hydrogen) atoms. The van der Waals surface area contributed by atoms with E-state index in [2.05, 4.69) is 40.1 Å². The van der Waals surface area contributed by atoms with Crippen molar-refractivity contribution in [2.75, 3.05) is 13.2 Å². The molecule has 3 heterocycles. The lowest BCUT2D eigenvalue weighted by atomic mass is 10.0. The number of rotatable bonds is 4. The average Bonchev–Trinajstić information content (AvgIpc) is 3.22. The van der Waals surface area contributed by atoms with E-state index in [1.165, 1.54) is 18.4 Å². The molecule has 1 aliphatic carbocycles. The van der Waals surface area contributed by atoms with Gasteiger partial charge in [-0.3, -0.25) is 4.90 Å². The van der Waals surface area contributed by atoms with Gasteiger partial charge in [-0.05, 0) is 31.0 Å². The summed E-state index contributed by atoms with van der Waals surface area (Å²) in [5, 5.41) is 0. The average molecular weight is 286 g/mol. The van der Waals surface area contributed by atoms with Crippen LogP contribution in [0.5, 0.6) is 0 Å². The Morgan fingerprint density at radius 1 is 1.19 bits per heavy atom. The van der Waals surface area contributed by atoms with E-state index < -0.39 is 0 Å². The van der Waals surface area contributed by atoms with Gasteiger partial charge in [-0.2, -0.15) is 0 Å². The number of fused-ring (bicyclic) bond motifs is 1. The third-order valence-electron chi connectivity index (χ3n) is 4.91. The first kappa shape index (κ1) is 13.2. The van der Waals surface area contributed by atoms with Crippen molar-refractivity contribution in [3.05, 3.63) is 48.7 Å². The van der Waals surface area contributed by atoms with Gasteiger partial charge in [-0.15, -0.1) is 0 Å². The van der Waals surface area contributed by atoms with E-state index in [1.807, 2.05) is 6.26 Å². The molecule has 0 amide bonds. The summed E-state index contributed by atoms with van der Waals surface area (Å²) in [6.07, 6.45) is 10.8. The smallest absolute Gasteiger partial charge is 0.0947 e. The van der Waals surface area contributed by atoms with Crippen LogP contribution in [0.2, 0.25) is 0 Å². The van der Waals surface area contributed by atoms with Crippen molar-refractivity contribution in [3.63, 3.8) is 0 Å². The second-order valence-corrected chi connectivity index (χ2v) is 6.22. The van der Waals surface area contributed by atoms with Crippen LogP contribution < -0.4 is 0 Å². The molecule has 1 aliphatic heterocycles. The molecule has 2 fully saturated rings. The molecular formula is C17H22N2O2. The molecule has 0 aromatic carbocycles. The van der Waals surface area contributed by atoms with E-state index in [4.69, 9.17) is 9.15 Å². The third-order valence-corrected chi connectivity index (χ3v) is 4.91. The molecule has 112 valence electrons. The standard InChI is InChI=1S/C17H22N2O2/c1-2-7-18(6-1)12-15-3-4-16-17(15)21-10-8-19(16)11-14-5-9-20-13-14/h1-2,5-7,9,13,15-17H,3-4,8,10-12H2/t15-,16+,17-/m0/s1. The van der Waals surface area contributed by atoms with E-state index in [-0.39, 0.29) is 0 Å². The maximum Gasteiger partial charge on any atom is 0.0947 e. The lowest BCUT2D eigenvalue weighted by molar-refractivity contribution is -0.0786. The number of hydrogen-bond donors (Lipinski definition) is 0. The molecular weight excluding hydrogens is 264 g/mol. The lowest BCUT2D eigenvalue weighted by Crippen LogP contribution is -2.50. The SMILES string of the molecule is c1ccn(C[C@@H]2CC[C@@H]3[C@H]2OCCN3Cc2ccoc2)c1. The van der Waals surface area contributed by atoms with Crippen LogP contribution in [0.1, 0.15) is 18.4 Å². The Balaban J connectivity index is 1.44. The first-order valence-electron chi connectivity index (χ1n) is 7.87. The summed E-state index contributed by atoms with van der Waals surface area (Å²) < 4.78 is 13.6. The summed E-state index contributed by atoms with van der Waals surface area (Å²) in [6, 6.07) is 6.82. The van der Waals surface area contributed by atoms with Crippen LogP contribution in [-0.2, 0) is 17.8 Å². The molecule has 1 saturated carbocycles.